The first kappa shape index (κ1) is 19.5. The van der Waals surface area contributed by atoms with Crippen molar-refractivity contribution in [2.75, 3.05) is 13.7 Å². The van der Waals surface area contributed by atoms with E-state index in [1.54, 1.807) is 13.1 Å². The molecule has 0 unspecified atom stereocenters. The monoisotopic (exact) mass is 410 g/mol. The Labute approximate surface area is 173 Å². The zero-order valence-electron chi connectivity index (χ0n) is 16.3. The molecule has 0 bridgehead atoms. The van der Waals surface area contributed by atoms with Gasteiger partial charge in [-0.3, -0.25) is 4.79 Å². The summed E-state index contributed by atoms with van der Waals surface area (Å²) in [5.74, 6) is -0.0806. The number of esters is 1. The molecule has 1 aromatic heterocycles. The molecule has 29 heavy (non-hydrogen) atoms. The molecule has 4 rings (SSSR count). The van der Waals surface area contributed by atoms with Crippen LogP contribution in [0.15, 0.2) is 30.3 Å². The van der Waals surface area contributed by atoms with Gasteiger partial charge in [0.1, 0.15) is 22.8 Å². The average molecular weight is 410 g/mol. The van der Waals surface area contributed by atoms with Crippen LogP contribution in [0.25, 0.3) is 10.4 Å². The first-order chi connectivity index (χ1) is 14.0. The van der Waals surface area contributed by atoms with E-state index in [9.17, 15) is 14.9 Å². The van der Waals surface area contributed by atoms with E-state index in [1.165, 1.54) is 16.2 Å². The van der Waals surface area contributed by atoms with Crippen molar-refractivity contribution in [1.82, 2.24) is 4.90 Å². The molecule has 2 aromatic rings. The second-order valence-corrected chi connectivity index (χ2v) is 8.53. The van der Waals surface area contributed by atoms with Crippen LogP contribution in [0.4, 0.5) is 0 Å². The molecular weight excluding hydrogens is 388 g/mol. The molecule has 1 aliphatic heterocycles. The molecule has 0 radical (unpaired) electrons. The molecule has 1 aromatic carbocycles. The van der Waals surface area contributed by atoms with Gasteiger partial charge in [0, 0.05) is 23.1 Å². The van der Waals surface area contributed by atoms with Gasteiger partial charge in [0.15, 0.2) is 6.61 Å². The second kappa shape index (κ2) is 7.88. The molecule has 0 saturated heterocycles. The van der Waals surface area contributed by atoms with Crippen molar-refractivity contribution in [2.45, 2.75) is 44.2 Å². The van der Waals surface area contributed by atoms with Gasteiger partial charge in [-0.25, -0.2) is 4.79 Å². The van der Waals surface area contributed by atoms with Gasteiger partial charge in [-0.2, -0.15) is 5.26 Å². The number of nitrogens with zero attached hydrogens (tertiary/aromatic N) is 2. The number of hydrogen-bond acceptors (Lipinski definition) is 6. The lowest BCUT2D eigenvalue weighted by atomic mass is 9.81. The third kappa shape index (κ3) is 3.60. The summed E-state index contributed by atoms with van der Waals surface area (Å²) >= 11 is 1.35. The van der Waals surface area contributed by atoms with E-state index in [0.717, 1.165) is 41.0 Å². The summed E-state index contributed by atoms with van der Waals surface area (Å²) in [6.07, 6.45) is 4.26. The minimum absolute atomic E-state index is 0.350. The van der Waals surface area contributed by atoms with Crippen LogP contribution in [0.3, 0.4) is 0 Å². The highest BCUT2D eigenvalue weighted by Gasteiger charge is 2.39. The fourth-order valence-corrected chi connectivity index (χ4v) is 5.08. The summed E-state index contributed by atoms with van der Waals surface area (Å²) in [6, 6.07) is 11.8. The number of carbonyl (C=O) groups is 2. The number of fused-ring (bicyclic) bond motifs is 3. The quantitative estimate of drug-likeness (QED) is 0.708. The van der Waals surface area contributed by atoms with Crippen molar-refractivity contribution in [3.8, 4) is 22.3 Å². The molecule has 1 aliphatic carbocycles. The number of hydrogen-bond donors (Lipinski definition) is 0. The molecular formula is C22H22N2O4S. The molecule has 0 N–H and O–H groups in total. The number of para-hydroxylation sites is 1. The summed E-state index contributed by atoms with van der Waals surface area (Å²) in [7, 11) is 1.63. The topological polar surface area (TPSA) is 79.6 Å². The zero-order valence-corrected chi connectivity index (χ0v) is 17.1. The van der Waals surface area contributed by atoms with Crippen LogP contribution in [0.1, 0.15) is 47.3 Å². The Balaban J connectivity index is 1.43. The number of benzene rings is 1. The maximum atomic E-state index is 12.6. The predicted octanol–water partition coefficient (Wildman–Crippen LogP) is 4.15. The van der Waals surface area contributed by atoms with Crippen molar-refractivity contribution in [2.24, 2.45) is 0 Å². The second-order valence-electron chi connectivity index (χ2n) is 7.48. The standard InChI is InChI=1S/C22H22N2O4S/c1-24(22(14-23)9-5-2-6-10-22)19(25)13-28-21(26)18-11-15-12-27-17-8-4-3-7-16(17)20(15)29-18/h3-4,7-8,11H,2,5-6,9-10,12-13H2,1H3. The van der Waals surface area contributed by atoms with Gasteiger partial charge in [-0.1, -0.05) is 31.4 Å². The third-order valence-corrected chi connectivity index (χ3v) is 6.95. The van der Waals surface area contributed by atoms with Crippen LogP contribution in [-0.4, -0.2) is 36.0 Å². The van der Waals surface area contributed by atoms with E-state index in [0.29, 0.717) is 24.3 Å². The minimum Gasteiger partial charge on any atom is -0.488 e. The molecule has 1 saturated carbocycles. The van der Waals surface area contributed by atoms with E-state index in [2.05, 4.69) is 6.07 Å². The van der Waals surface area contributed by atoms with Crippen molar-refractivity contribution in [3.63, 3.8) is 0 Å². The molecule has 7 heteroatoms. The van der Waals surface area contributed by atoms with Crippen LogP contribution in [0.5, 0.6) is 5.75 Å². The number of likely N-dealkylation sites (N-methyl/N-ethyl adjacent to an activating group) is 1. The Bertz CT molecular complexity index is 985. The molecule has 0 atom stereocenters. The number of carbonyl (C=O) groups excluding carboxylic acids is 2. The van der Waals surface area contributed by atoms with Gasteiger partial charge in [0.25, 0.3) is 5.91 Å². The molecule has 1 fully saturated rings. The molecule has 0 spiro atoms. The van der Waals surface area contributed by atoms with Crippen LogP contribution in [0.2, 0.25) is 0 Å². The number of nitriles is 1. The highest BCUT2D eigenvalue weighted by Crippen LogP contribution is 2.42. The molecule has 1 amide bonds. The number of amides is 1. The predicted molar refractivity (Wildman–Crippen MR) is 109 cm³/mol. The average Bonchev–Trinajstić information content (AvgIpc) is 3.22. The van der Waals surface area contributed by atoms with Crippen molar-refractivity contribution >= 4 is 23.2 Å². The summed E-state index contributed by atoms with van der Waals surface area (Å²) in [5, 5.41) is 9.63. The molecule has 2 heterocycles. The lowest BCUT2D eigenvalue weighted by molar-refractivity contribution is -0.138. The van der Waals surface area contributed by atoms with Crippen LogP contribution in [0, 0.1) is 11.3 Å². The SMILES string of the molecule is CN(C(=O)COC(=O)c1cc2c(s1)-c1ccccc1OC2)C1(C#N)CCCCC1. The smallest absolute Gasteiger partial charge is 0.348 e. The summed E-state index contributed by atoms with van der Waals surface area (Å²) in [5.41, 5.74) is 1.11. The van der Waals surface area contributed by atoms with E-state index >= 15 is 0 Å². The Kier molecular flexibility index (Phi) is 5.29. The van der Waals surface area contributed by atoms with Gasteiger partial charge >= 0.3 is 5.97 Å². The van der Waals surface area contributed by atoms with Gasteiger partial charge in [-0.15, -0.1) is 11.3 Å². The Morgan fingerprint density at radius 1 is 1.28 bits per heavy atom. The summed E-state index contributed by atoms with van der Waals surface area (Å²) in [4.78, 5) is 28.0. The van der Waals surface area contributed by atoms with E-state index in [4.69, 9.17) is 9.47 Å². The fourth-order valence-electron chi connectivity index (χ4n) is 3.99. The van der Waals surface area contributed by atoms with E-state index < -0.39 is 11.5 Å². The van der Waals surface area contributed by atoms with Crippen LogP contribution >= 0.6 is 11.3 Å². The van der Waals surface area contributed by atoms with E-state index in [-0.39, 0.29) is 12.5 Å². The fraction of sp³-hybridized carbons (Fsp3) is 0.409. The minimum atomic E-state index is -0.787. The Morgan fingerprint density at radius 3 is 2.79 bits per heavy atom. The first-order valence-electron chi connectivity index (χ1n) is 9.74. The maximum Gasteiger partial charge on any atom is 0.348 e. The molecule has 6 nitrogen and oxygen atoms in total. The lowest BCUT2D eigenvalue weighted by Gasteiger charge is -2.38. The van der Waals surface area contributed by atoms with Crippen molar-refractivity contribution in [1.29, 1.82) is 5.26 Å². The summed E-state index contributed by atoms with van der Waals surface area (Å²) in [6.45, 7) is 0.0386. The van der Waals surface area contributed by atoms with Gasteiger partial charge in [-0.05, 0) is 31.0 Å². The van der Waals surface area contributed by atoms with Crippen LogP contribution < -0.4 is 4.74 Å². The maximum absolute atomic E-state index is 12.6. The molecule has 150 valence electrons. The lowest BCUT2D eigenvalue weighted by Crippen LogP contribution is -2.51. The van der Waals surface area contributed by atoms with Crippen molar-refractivity contribution in [3.05, 3.63) is 40.8 Å². The normalized spacial score (nSPS) is 16.6. The third-order valence-electron chi connectivity index (χ3n) is 5.76. The zero-order chi connectivity index (χ0) is 20.4. The summed E-state index contributed by atoms with van der Waals surface area (Å²) < 4.78 is 11.0. The van der Waals surface area contributed by atoms with Gasteiger partial charge in [0.2, 0.25) is 0 Å². The van der Waals surface area contributed by atoms with E-state index in [1.807, 2.05) is 24.3 Å². The first-order valence-corrected chi connectivity index (χ1v) is 10.6. The highest BCUT2D eigenvalue weighted by molar-refractivity contribution is 7.17. The molecule has 2 aliphatic rings. The number of thiophene rings is 1. The van der Waals surface area contributed by atoms with Gasteiger partial charge < -0.3 is 14.4 Å². The number of rotatable bonds is 4. The number of ether oxygens (including phenoxy) is 2. The van der Waals surface area contributed by atoms with Crippen LogP contribution in [-0.2, 0) is 16.1 Å². The Morgan fingerprint density at radius 2 is 2.03 bits per heavy atom. The largest absolute Gasteiger partial charge is 0.488 e. The van der Waals surface area contributed by atoms with Crippen molar-refractivity contribution < 1.29 is 19.1 Å². The highest BCUT2D eigenvalue weighted by atomic mass is 32.1. The van der Waals surface area contributed by atoms with Gasteiger partial charge in [0.05, 0.1) is 6.07 Å². The Hall–Kier alpha value is -2.85.